The molecule has 0 aromatic heterocycles. The summed E-state index contributed by atoms with van der Waals surface area (Å²) in [5.41, 5.74) is 0. The Balaban J connectivity index is 2.33. The molecule has 0 heterocycles. The van der Waals surface area contributed by atoms with Crippen molar-refractivity contribution >= 4 is 0 Å². The van der Waals surface area contributed by atoms with Gasteiger partial charge in [-0.3, -0.25) is 0 Å². The molecule has 0 radical (unpaired) electrons. The Labute approximate surface area is 47.9 Å². The average Bonchev–Trinajstić information content (AvgIpc) is 1.65. The Morgan fingerprint density at radius 3 is 1.88 bits per heavy atom. The maximum absolute atomic E-state index is 12.2. The van der Waals surface area contributed by atoms with Gasteiger partial charge in [-0.25, -0.2) is 8.78 Å². The summed E-state index contributed by atoms with van der Waals surface area (Å²) in [4.78, 5) is 0. The second-order valence-corrected chi connectivity index (χ2v) is 2.22. The molecule has 1 rings (SSSR count). The van der Waals surface area contributed by atoms with Gasteiger partial charge in [0.05, 0.1) is 32.1 Å². The lowest BCUT2D eigenvalue weighted by molar-refractivity contribution is -0.0254. The van der Waals surface area contributed by atoms with Crippen LogP contribution >= 0.6 is 0 Å². The van der Waals surface area contributed by atoms with Crippen LogP contribution in [0.25, 0.3) is 0 Å². The maximum Gasteiger partial charge on any atom is 0.256 e. The molecule has 0 atom stereocenters. The third-order valence-corrected chi connectivity index (χ3v) is 1.43. The molecule has 0 aromatic rings. The summed E-state index contributed by atoms with van der Waals surface area (Å²) in [5, 5.41) is 0. The summed E-state index contributed by atoms with van der Waals surface area (Å²) in [6, 6.07) is 0. The van der Waals surface area contributed by atoms with E-state index in [9.17, 15) is 8.78 Å². The van der Waals surface area contributed by atoms with Crippen LogP contribution in [-0.2, 0) is 0 Å². The second kappa shape index (κ2) is 1.92. The molecule has 1 saturated carbocycles. The Bertz CT molecular complexity index is 70.6. The fourth-order valence-electron chi connectivity index (χ4n) is 0.896. The second-order valence-electron chi connectivity index (χ2n) is 2.22. The summed E-state index contributed by atoms with van der Waals surface area (Å²) in [5.74, 6) is -2.35. The highest BCUT2D eigenvalue weighted by Crippen LogP contribution is 2.31. The van der Waals surface area contributed by atoms with Gasteiger partial charge >= 0.3 is 0 Å². The van der Waals surface area contributed by atoms with Crippen LogP contribution in [0.2, 0.25) is 0 Å². The maximum atomic E-state index is 12.2. The van der Waals surface area contributed by atoms with Crippen molar-refractivity contribution in [2.75, 3.05) is 0 Å². The Morgan fingerprint density at radius 1 is 1.12 bits per heavy atom. The van der Waals surface area contributed by atoms with Gasteiger partial charge in [-0.15, -0.1) is 0 Å². The third-order valence-electron chi connectivity index (χ3n) is 1.43. The summed E-state index contributed by atoms with van der Waals surface area (Å²) in [6.07, 6.45) is 3.23. The Hall–Kier alpha value is -0.270. The van der Waals surface area contributed by atoms with E-state index in [0.29, 0.717) is 12.8 Å². The Kier molecular flexibility index (Phi) is 1.41. The first kappa shape index (κ1) is 5.86. The molecule has 0 saturated heterocycles. The van der Waals surface area contributed by atoms with Gasteiger partial charge in [-0.05, 0) is 0 Å². The quantitative estimate of drug-likeness (QED) is 0.429. The van der Waals surface area contributed by atoms with Crippen LogP contribution in [0.5, 0.6) is 0 Å². The zero-order chi connectivity index (χ0) is 6.04. The minimum Gasteiger partial charge on any atom is -0.207 e. The van der Waals surface area contributed by atoms with Crippen molar-refractivity contribution in [2.24, 2.45) is 0 Å². The summed E-state index contributed by atoms with van der Waals surface area (Å²) >= 11 is 0. The lowest BCUT2D eigenvalue weighted by Crippen LogP contribution is -2.19. The van der Waals surface area contributed by atoms with Crippen LogP contribution in [0.15, 0.2) is 0 Å². The lowest BCUT2D eigenvalue weighted by atomic mass is 9.97. The van der Waals surface area contributed by atoms with Gasteiger partial charge in [0.2, 0.25) is 0 Å². The van der Waals surface area contributed by atoms with Gasteiger partial charge in [0.25, 0.3) is 5.92 Å². The first-order valence-electron chi connectivity index (χ1n) is 2.90. The van der Waals surface area contributed by atoms with Gasteiger partial charge in [0.15, 0.2) is 0 Å². The number of hydrogen-bond acceptors (Lipinski definition) is 0. The average molecular weight is 119 g/mol. The monoisotopic (exact) mass is 119 g/mol. The van der Waals surface area contributed by atoms with Crippen LogP contribution in [0.4, 0.5) is 8.78 Å². The molecule has 1 fully saturated rings. The highest BCUT2D eigenvalue weighted by Gasteiger charge is 2.34. The van der Waals surface area contributed by atoms with Crippen molar-refractivity contribution in [2.45, 2.75) is 31.6 Å². The fourth-order valence-corrected chi connectivity index (χ4v) is 0.896. The number of halogens is 2. The van der Waals surface area contributed by atoms with Gasteiger partial charge in [-0.2, -0.15) is 0 Å². The molecule has 0 aromatic carbocycles. The first-order valence-corrected chi connectivity index (χ1v) is 2.90. The molecule has 0 spiro atoms. The predicted molar refractivity (Wildman–Crippen MR) is 27.7 cm³/mol. The third kappa shape index (κ3) is 1.35. The normalized spacial score (nSPS) is 26.8. The van der Waals surface area contributed by atoms with E-state index in [1.165, 1.54) is 0 Å². The fraction of sp³-hybridized carbons (Fsp3) is 0.833. The van der Waals surface area contributed by atoms with Crippen LogP contribution < -0.4 is 0 Å². The van der Waals surface area contributed by atoms with E-state index in [1.807, 2.05) is 6.42 Å². The van der Waals surface area contributed by atoms with Gasteiger partial charge in [-0.1, -0.05) is 0 Å². The molecule has 2 heteroatoms. The highest BCUT2D eigenvalue weighted by atomic mass is 19.3. The summed E-state index contributed by atoms with van der Waals surface area (Å²) in [6.45, 7) is 0. The molecule has 8 heavy (non-hydrogen) atoms. The predicted octanol–water partition coefficient (Wildman–Crippen LogP) is 2.40. The van der Waals surface area contributed by atoms with E-state index < -0.39 is 5.92 Å². The largest absolute Gasteiger partial charge is 0.256 e. The summed E-state index contributed by atoms with van der Waals surface area (Å²) < 4.78 is 24.4. The SMILES string of the molecule is FC1(F)CC[CH+]CC1. The van der Waals surface area contributed by atoms with Crippen LogP contribution in [0.3, 0.4) is 0 Å². The van der Waals surface area contributed by atoms with E-state index in [2.05, 4.69) is 0 Å². The van der Waals surface area contributed by atoms with Crippen LogP contribution in [0.1, 0.15) is 25.7 Å². The van der Waals surface area contributed by atoms with Crippen molar-refractivity contribution in [3.05, 3.63) is 6.42 Å². The molecule has 0 unspecified atom stereocenters. The van der Waals surface area contributed by atoms with Gasteiger partial charge in [0, 0.05) is 0 Å². The molecule has 0 aliphatic heterocycles. The van der Waals surface area contributed by atoms with Crippen molar-refractivity contribution in [3.8, 4) is 0 Å². The Morgan fingerprint density at radius 2 is 1.62 bits per heavy atom. The topological polar surface area (TPSA) is 0 Å². The van der Waals surface area contributed by atoms with Crippen LogP contribution in [0, 0.1) is 6.42 Å². The first-order chi connectivity index (χ1) is 3.71. The minimum atomic E-state index is -2.35. The summed E-state index contributed by atoms with van der Waals surface area (Å²) in [7, 11) is 0. The molecule has 1 aliphatic rings. The zero-order valence-electron chi connectivity index (χ0n) is 4.66. The smallest absolute Gasteiger partial charge is 0.207 e. The van der Waals surface area contributed by atoms with Crippen molar-refractivity contribution in [3.63, 3.8) is 0 Å². The molecule has 46 valence electrons. The minimum absolute atomic E-state index is 0.0625. The van der Waals surface area contributed by atoms with Crippen molar-refractivity contribution in [1.29, 1.82) is 0 Å². The molecule has 0 amide bonds. The number of hydrogen-bond donors (Lipinski definition) is 0. The number of rotatable bonds is 0. The molecule has 1 aliphatic carbocycles. The lowest BCUT2D eigenvalue weighted by Gasteiger charge is -2.15. The highest BCUT2D eigenvalue weighted by molar-refractivity contribution is 4.80. The van der Waals surface area contributed by atoms with Gasteiger partial charge < -0.3 is 0 Å². The standard InChI is InChI=1S/C6H9F2/c7-6(8)4-2-1-3-5-6/h1H,2-5H2/q+1. The van der Waals surface area contributed by atoms with E-state index in [-0.39, 0.29) is 12.8 Å². The molecular formula is C6H9F2+. The van der Waals surface area contributed by atoms with Gasteiger partial charge in [0.1, 0.15) is 0 Å². The van der Waals surface area contributed by atoms with Crippen LogP contribution in [-0.4, -0.2) is 5.92 Å². The molecular weight excluding hydrogens is 110 g/mol. The molecule has 0 bridgehead atoms. The molecule has 0 N–H and O–H groups in total. The zero-order valence-corrected chi connectivity index (χ0v) is 4.66. The van der Waals surface area contributed by atoms with E-state index in [4.69, 9.17) is 0 Å². The van der Waals surface area contributed by atoms with E-state index in [1.54, 1.807) is 0 Å². The van der Waals surface area contributed by atoms with Crippen molar-refractivity contribution in [1.82, 2.24) is 0 Å². The van der Waals surface area contributed by atoms with E-state index in [0.717, 1.165) is 0 Å². The van der Waals surface area contributed by atoms with E-state index >= 15 is 0 Å². The molecule has 0 nitrogen and oxygen atoms in total. The number of alkyl halides is 2. The van der Waals surface area contributed by atoms with Crippen molar-refractivity contribution < 1.29 is 8.78 Å².